The molecule has 0 aliphatic heterocycles. The fraction of sp³-hybridized carbons (Fsp3) is 0.917. The van der Waals surface area contributed by atoms with E-state index in [1.165, 1.54) is 0 Å². The van der Waals surface area contributed by atoms with Gasteiger partial charge in [0.05, 0.1) is 18.8 Å². The van der Waals surface area contributed by atoms with Gasteiger partial charge < -0.3 is 15.2 Å². The van der Waals surface area contributed by atoms with Gasteiger partial charge in [0.2, 0.25) is 0 Å². The summed E-state index contributed by atoms with van der Waals surface area (Å²) in [6.07, 6.45) is 3.78. The van der Waals surface area contributed by atoms with Gasteiger partial charge in [0.25, 0.3) is 0 Å². The van der Waals surface area contributed by atoms with Gasteiger partial charge in [-0.3, -0.25) is 4.79 Å². The second-order valence-electron chi connectivity index (χ2n) is 4.82. The molecule has 1 aliphatic carbocycles. The topological polar surface area (TPSA) is 58.6 Å². The number of aliphatic hydroxyl groups is 1. The number of esters is 1. The van der Waals surface area contributed by atoms with Crippen LogP contribution in [-0.4, -0.2) is 36.4 Å². The number of nitrogens with one attached hydrogen (secondary N) is 1. The van der Waals surface area contributed by atoms with E-state index in [0.29, 0.717) is 19.1 Å². The molecule has 0 aromatic carbocycles. The van der Waals surface area contributed by atoms with Gasteiger partial charge >= 0.3 is 5.97 Å². The monoisotopic (exact) mass is 229 g/mol. The van der Waals surface area contributed by atoms with Crippen molar-refractivity contribution in [3.05, 3.63) is 0 Å². The predicted octanol–water partition coefficient (Wildman–Crippen LogP) is 1.08. The van der Waals surface area contributed by atoms with E-state index in [1.54, 1.807) is 6.92 Å². The Morgan fingerprint density at radius 2 is 2.12 bits per heavy atom. The minimum absolute atomic E-state index is 0.186. The third kappa shape index (κ3) is 4.49. The minimum atomic E-state index is -0.626. The molecular formula is C12H23NO3. The summed E-state index contributed by atoms with van der Waals surface area (Å²) in [5, 5.41) is 13.2. The third-order valence-electron chi connectivity index (χ3n) is 3.23. The molecule has 0 aromatic rings. The van der Waals surface area contributed by atoms with Crippen molar-refractivity contribution in [3.63, 3.8) is 0 Å². The van der Waals surface area contributed by atoms with Crippen molar-refractivity contribution < 1.29 is 14.6 Å². The number of carbonyl (C=O) groups excluding carboxylic acids is 1. The van der Waals surface area contributed by atoms with Crippen LogP contribution in [0.15, 0.2) is 0 Å². The van der Waals surface area contributed by atoms with E-state index in [1.807, 2.05) is 0 Å². The average molecular weight is 229 g/mol. The van der Waals surface area contributed by atoms with Gasteiger partial charge in [0, 0.05) is 6.54 Å². The van der Waals surface area contributed by atoms with Crippen LogP contribution in [0.4, 0.5) is 0 Å². The second kappa shape index (κ2) is 6.21. The smallest absolute Gasteiger partial charge is 0.319 e. The molecule has 0 bridgehead atoms. The van der Waals surface area contributed by atoms with Gasteiger partial charge in [-0.1, -0.05) is 6.92 Å². The second-order valence-corrected chi connectivity index (χ2v) is 4.82. The van der Waals surface area contributed by atoms with Crippen molar-refractivity contribution in [2.24, 2.45) is 5.92 Å². The molecule has 1 rings (SSSR count). The molecule has 0 saturated heterocycles. The standard InChI is InChI=1S/C12H23NO3/c1-3-16-11(14)8-13-9-12(15)6-4-10(2)5-7-12/h10,13,15H,3-9H2,1-2H3. The fourth-order valence-electron chi connectivity index (χ4n) is 2.09. The fourth-order valence-corrected chi connectivity index (χ4v) is 2.09. The molecule has 1 aliphatic rings. The van der Waals surface area contributed by atoms with Gasteiger partial charge in [-0.15, -0.1) is 0 Å². The quantitative estimate of drug-likeness (QED) is 0.693. The van der Waals surface area contributed by atoms with Crippen molar-refractivity contribution >= 4 is 5.97 Å². The zero-order valence-corrected chi connectivity index (χ0v) is 10.3. The molecule has 0 aromatic heterocycles. The Labute approximate surface area is 97.4 Å². The van der Waals surface area contributed by atoms with Crippen LogP contribution in [0.2, 0.25) is 0 Å². The first-order valence-corrected chi connectivity index (χ1v) is 6.14. The number of hydrogen-bond donors (Lipinski definition) is 2. The summed E-state index contributed by atoms with van der Waals surface area (Å²) in [6.45, 7) is 5.08. The molecule has 0 heterocycles. The normalized spacial score (nSPS) is 30.1. The predicted molar refractivity (Wildman–Crippen MR) is 62.1 cm³/mol. The van der Waals surface area contributed by atoms with Gasteiger partial charge in [0.1, 0.15) is 0 Å². The molecule has 94 valence electrons. The van der Waals surface area contributed by atoms with Gasteiger partial charge in [-0.05, 0) is 38.5 Å². The Bertz CT molecular complexity index is 222. The van der Waals surface area contributed by atoms with Crippen molar-refractivity contribution in [3.8, 4) is 0 Å². The summed E-state index contributed by atoms with van der Waals surface area (Å²) in [5.74, 6) is 0.459. The van der Waals surface area contributed by atoms with Crippen LogP contribution in [0.25, 0.3) is 0 Å². The summed E-state index contributed by atoms with van der Waals surface area (Å²) in [4.78, 5) is 11.1. The Balaban J connectivity index is 2.19. The van der Waals surface area contributed by atoms with Crippen molar-refractivity contribution in [1.82, 2.24) is 5.32 Å². The van der Waals surface area contributed by atoms with E-state index in [-0.39, 0.29) is 12.5 Å². The number of ether oxygens (including phenoxy) is 1. The first kappa shape index (κ1) is 13.5. The molecule has 0 atom stereocenters. The van der Waals surface area contributed by atoms with Crippen LogP contribution >= 0.6 is 0 Å². The summed E-state index contributed by atoms with van der Waals surface area (Å²) in [6, 6.07) is 0. The van der Waals surface area contributed by atoms with Crippen LogP contribution in [-0.2, 0) is 9.53 Å². The molecule has 4 heteroatoms. The highest BCUT2D eigenvalue weighted by atomic mass is 16.5. The highest BCUT2D eigenvalue weighted by Crippen LogP contribution is 2.31. The molecule has 0 unspecified atom stereocenters. The van der Waals surface area contributed by atoms with Gasteiger partial charge in [-0.2, -0.15) is 0 Å². The Hall–Kier alpha value is -0.610. The number of rotatable bonds is 5. The summed E-state index contributed by atoms with van der Waals surface area (Å²) >= 11 is 0. The minimum Gasteiger partial charge on any atom is -0.465 e. The maximum absolute atomic E-state index is 11.1. The maximum atomic E-state index is 11.1. The molecule has 16 heavy (non-hydrogen) atoms. The largest absolute Gasteiger partial charge is 0.465 e. The lowest BCUT2D eigenvalue weighted by molar-refractivity contribution is -0.142. The van der Waals surface area contributed by atoms with Crippen LogP contribution in [0.3, 0.4) is 0 Å². The van der Waals surface area contributed by atoms with Gasteiger partial charge in [-0.25, -0.2) is 0 Å². The van der Waals surface area contributed by atoms with E-state index in [0.717, 1.165) is 25.7 Å². The SMILES string of the molecule is CCOC(=O)CNCC1(O)CCC(C)CC1. The van der Waals surface area contributed by atoms with E-state index >= 15 is 0 Å². The highest BCUT2D eigenvalue weighted by Gasteiger charge is 2.31. The molecule has 1 fully saturated rings. The Kier molecular flexibility index (Phi) is 5.22. The highest BCUT2D eigenvalue weighted by molar-refractivity contribution is 5.71. The van der Waals surface area contributed by atoms with E-state index in [4.69, 9.17) is 4.74 Å². The lowest BCUT2D eigenvalue weighted by Gasteiger charge is -2.34. The zero-order chi connectivity index (χ0) is 12.0. The van der Waals surface area contributed by atoms with Crippen molar-refractivity contribution in [2.45, 2.75) is 45.1 Å². The summed E-state index contributed by atoms with van der Waals surface area (Å²) < 4.78 is 4.80. The van der Waals surface area contributed by atoms with E-state index in [9.17, 15) is 9.90 Å². The number of hydrogen-bond acceptors (Lipinski definition) is 4. The van der Waals surface area contributed by atoms with Gasteiger partial charge in [0.15, 0.2) is 0 Å². The van der Waals surface area contributed by atoms with Crippen LogP contribution < -0.4 is 5.32 Å². The maximum Gasteiger partial charge on any atom is 0.319 e. The average Bonchev–Trinajstić information content (AvgIpc) is 2.23. The third-order valence-corrected chi connectivity index (χ3v) is 3.23. The first-order valence-electron chi connectivity index (χ1n) is 6.14. The molecular weight excluding hydrogens is 206 g/mol. The lowest BCUT2D eigenvalue weighted by atomic mass is 9.79. The Morgan fingerprint density at radius 3 is 2.69 bits per heavy atom. The van der Waals surface area contributed by atoms with Crippen LogP contribution in [0.5, 0.6) is 0 Å². The van der Waals surface area contributed by atoms with E-state index < -0.39 is 5.60 Å². The molecule has 1 saturated carbocycles. The van der Waals surface area contributed by atoms with E-state index in [2.05, 4.69) is 12.2 Å². The van der Waals surface area contributed by atoms with Crippen LogP contribution in [0, 0.1) is 5.92 Å². The van der Waals surface area contributed by atoms with Crippen molar-refractivity contribution in [1.29, 1.82) is 0 Å². The molecule has 0 radical (unpaired) electrons. The molecule has 2 N–H and O–H groups in total. The zero-order valence-electron chi connectivity index (χ0n) is 10.3. The first-order chi connectivity index (χ1) is 7.56. The molecule has 0 spiro atoms. The molecule has 0 amide bonds. The molecule has 4 nitrogen and oxygen atoms in total. The Morgan fingerprint density at radius 1 is 1.50 bits per heavy atom. The lowest BCUT2D eigenvalue weighted by Crippen LogP contribution is -2.44. The van der Waals surface area contributed by atoms with Crippen LogP contribution in [0.1, 0.15) is 39.5 Å². The van der Waals surface area contributed by atoms with Crippen molar-refractivity contribution in [2.75, 3.05) is 19.7 Å². The number of carbonyl (C=O) groups is 1. The summed E-state index contributed by atoms with van der Waals surface area (Å²) in [5.41, 5.74) is -0.626. The summed E-state index contributed by atoms with van der Waals surface area (Å²) in [7, 11) is 0.